The Balaban J connectivity index is 1.65. The Hall–Kier alpha value is -2.64. The first kappa shape index (κ1) is 15.3. The molecule has 0 radical (unpaired) electrons. The molecule has 3 rings (SSSR count). The summed E-state index contributed by atoms with van der Waals surface area (Å²) in [6, 6.07) is 3.63. The summed E-state index contributed by atoms with van der Waals surface area (Å²) >= 11 is 0. The fraction of sp³-hybridized carbons (Fsp3) is 0.467. The van der Waals surface area contributed by atoms with Crippen LogP contribution in [0.2, 0.25) is 0 Å². The average molecular weight is 315 g/mol. The second-order valence-electron chi connectivity index (χ2n) is 5.15. The van der Waals surface area contributed by atoms with Crippen molar-refractivity contribution in [3.63, 3.8) is 0 Å². The maximum absolute atomic E-state index is 5.16. The molecule has 1 saturated heterocycles. The summed E-state index contributed by atoms with van der Waals surface area (Å²) < 4.78 is 5.16. The van der Waals surface area contributed by atoms with Crippen molar-refractivity contribution in [2.45, 2.75) is 6.92 Å². The topological polar surface area (TPSA) is 79.3 Å². The molecule has 2 aromatic rings. The van der Waals surface area contributed by atoms with Crippen molar-refractivity contribution in [1.29, 1.82) is 0 Å². The minimum absolute atomic E-state index is 0.583. The zero-order chi connectivity index (χ0) is 16.1. The fourth-order valence-corrected chi connectivity index (χ4v) is 2.49. The molecule has 2 aromatic heterocycles. The van der Waals surface area contributed by atoms with Crippen LogP contribution in [-0.2, 0) is 0 Å². The first-order valence-corrected chi connectivity index (χ1v) is 7.74. The smallest absolute Gasteiger partial charge is 0.228 e. The van der Waals surface area contributed by atoms with Gasteiger partial charge in [0.25, 0.3) is 0 Å². The van der Waals surface area contributed by atoms with E-state index in [1.54, 1.807) is 25.6 Å². The van der Waals surface area contributed by atoms with Crippen molar-refractivity contribution in [3.8, 4) is 5.88 Å². The van der Waals surface area contributed by atoms with Gasteiger partial charge in [0.05, 0.1) is 7.11 Å². The Morgan fingerprint density at radius 1 is 1.00 bits per heavy atom. The number of nitrogens with zero attached hydrogens (tertiary/aromatic N) is 6. The fourth-order valence-electron chi connectivity index (χ4n) is 2.49. The zero-order valence-electron chi connectivity index (χ0n) is 13.4. The molecular weight excluding hydrogens is 294 g/mol. The van der Waals surface area contributed by atoms with E-state index in [0.717, 1.165) is 44.5 Å². The van der Waals surface area contributed by atoms with E-state index in [0.29, 0.717) is 11.8 Å². The quantitative estimate of drug-likeness (QED) is 0.876. The number of nitrogens with one attached hydrogen (secondary N) is 1. The van der Waals surface area contributed by atoms with Crippen LogP contribution in [0.1, 0.15) is 6.92 Å². The van der Waals surface area contributed by atoms with Crippen molar-refractivity contribution in [2.24, 2.45) is 0 Å². The van der Waals surface area contributed by atoms with Gasteiger partial charge in [-0.3, -0.25) is 0 Å². The Labute approximate surface area is 135 Å². The van der Waals surface area contributed by atoms with E-state index in [4.69, 9.17) is 4.74 Å². The summed E-state index contributed by atoms with van der Waals surface area (Å²) in [5.74, 6) is 2.90. The number of piperazine rings is 1. The first-order valence-electron chi connectivity index (χ1n) is 7.74. The summed E-state index contributed by atoms with van der Waals surface area (Å²) in [6.07, 6.45) is 3.51. The predicted molar refractivity (Wildman–Crippen MR) is 89.2 cm³/mol. The van der Waals surface area contributed by atoms with Crippen LogP contribution in [0.4, 0.5) is 17.7 Å². The number of methoxy groups -OCH3 is 1. The number of anilines is 3. The second-order valence-corrected chi connectivity index (χ2v) is 5.15. The molecule has 122 valence electrons. The lowest BCUT2D eigenvalue weighted by Gasteiger charge is -2.34. The maximum atomic E-state index is 5.16. The van der Waals surface area contributed by atoms with Crippen LogP contribution in [0, 0.1) is 0 Å². The first-order chi connectivity index (χ1) is 11.3. The molecule has 0 aliphatic carbocycles. The largest absolute Gasteiger partial charge is 0.481 e. The minimum atomic E-state index is 0.583. The van der Waals surface area contributed by atoms with E-state index in [1.807, 2.05) is 6.07 Å². The molecule has 3 heterocycles. The molecule has 1 fully saturated rings. The van der Waals surface area contributed by atoms with Crippen molar-refractivity contribution < 1.29 is 4.74 Å². The number of hydrogen-bond acceptors (Lipinski definition) is 8. The summed E-state index contributed by atoms with van der Waals surface area (Å²) in [5.41, 5.74) is 0. The van der Waals surface area contributed by atoms with Gasteiger partial charge in [-0.05, 0) is 13.0 Å². The Morgan fingerprint density at radius 3 is 2.22 bits per heavy atom. The summed E-state index contributed by atoms with van der Waals surface area (Å²) in [7, 11) is 1.61. The molecule has 0 bridgehead atoms. The van der Waals surface area contributed by atoms with Crippen LogP contribution < -0.4 is 19.9 Å². The molecule has 0 spiro atoms. The highest BCUT2D eigenvalue weighted by molar-refractivity contribution is 5.43. The number of rotatable bonds is 5. The van der Waals surface area contributed by atoms with Crippen LogP contribution in [0.5, 0.6) is 5.88 Å². The van der Waals surface area contributed by atoms with E-state index in [1.165, 1.54) is 0 Å². The molecule has 8 heteroatoms. The SMILES string of the molecule is CCNc1ccnc(N2CCN(c3nccc(OC)n3)CC2)n1. The lowest BCUT2D eigenvalue weighted by Crippen LogP contribution is -2.47. The molecule has 8 nitrogen and oxygen atoms in total. The third-order valence-corrected chi connectivity index (χ3v) is 3.67. The van der Waals surface area contributed by atoms with Crippen LogP contribution in [0.3, 0.4) is 0 Å². The number of hydrogen-bond donors (Lipinski definition) is 1. The Bertz CT molecular complexity index is 643. The van der Waals surface area contributed by atoms with Gasteiger partial charge in [0.15, 0.2) is 0 Å². The van der Waals surface area contributed by atoms with E-state index in [2.05, 4.69) is 42.0 Å². The molecule has 1 aliphatic heterocycles. The van der Waals surface area contributed by atoms with Crippen molar-refractivity contribution in [1.82, 2.24) is 19.9 Å². The molecule has 0 unspecified atom stereocenters. The number of aromatic nitrogens is 4. The van der Waals surface area contributed by atoms with Gasteiger partial charge in [-0.2, -0.15) is 9.97 Å². The molecular formula is C15H21N7O. The minimum Gasteiger partial charge on any atom is -0.481 e. The van der Waals surface area contributed by atoms with Gasteiger partial charge in [-0.15, -0.1) is 0 Å². The van der Waals surface area contributed by atoms with Crippen molar-refractivity contribution in [3.05, 3.63) is 24.5 Å². The van der Waals surface area contributed by atoms with E-state index >= 15 is 0 Å². The van der Waals surface area contributed by atoms with E-state index in [-0.39, 0.29) is 0 Å². The second kappa shape index (κ2) is 7.08. The summed E-state index contributed by atoms with van der Waals surface area (Å²) in [4.78, 5) is 22.0. The van der Waals surface area contributed by atoms with Crippen LogP contribution in [0.25, 0.3) is 0 Å². The molecule has 23 heavy (non-hydrogen) atoms. The van der Waals surface area contributed by atoms with Crippen LogP contribution in [0.15, 0.2) is 24.5 Å². The normalized spacial score (nSPS) is 14.7. The Morgan fingerprint density at radius 2 is 1.61 bits per heavy atom. The van der Waals surface area contributed by atoms with E-state index < -0.39 is 0 Å². The zero-order valence-corrected chi connectivity index (χ0v) is 13.4. The highest BCUT2D eigenvalue weighted by atomic mass is 16.5. The van der Waals surface area contributed by atoms with Crippen LogP contribution in [-0.4, -0.2) is 59.8 Å². The number of ether oxygens (including phenoxy) is 1. The van der Waals surface area contributed by atoms with Gasteiger partial charge >= 0.3 is 0 Å². The highest BCUT2D eigenvalue weighted by Gasteiger charge is 2.21. The monoisotopic (exact) mass is 315 g/mol. The third-order valence-electron chi connectivity index (χ3n) is 3.67. The van der Waals surface area contributed by atoms with Gasteiger partial charge in [-0.25, -0.2) is 9.97 Å². The molecule has 0 aromatic carbocycles. The summed E-state index contributed by atoms with van der Waals surface area (Å²) in [5, 5.41) is 3.21. The summed E-state index contributed by atoms with van der Waals surface area (Å²) in [6.45, 7) is 6.20. The third kappa shape index (κ3) is 3.58. The maximum Gasteiger partial charge on any atom is 0.228 e. The average Bonchev–Trinajstić information content (AvgIpc) is 2.62. The molecule has 1 aliphatic rings. The lowest BCUT2D eigenvalue weighted by atomic mass is 10.3. The molecule has 0 saturated carbocycles. The van der Waals surface area contributed by atoms with Gasteiger partial charge < -0.3 is 19.9 Å². The molecule has 0 amide bonds. The lowest BCUT2D eigenvalue weighted by molar-refractivity contribution is 0.396. The molecule has 1 N–H and O–H groups in total. The van der Waals surface area contributed by atoms with Gasteiger partial charge in [0.1, 0.15) is 5.82 Å². The standard InChI is InChI=1S/C15H21N7O/c1-3-16-12-4-6-17-14(19-12)21-8-10-22(11-9-21)15-18-7-5-13(20-15)23-2/h4-7H,3,8-11H2,1-2H3,(H,16,17,19). The predicted octanol–water partition coefficient (Wildman–Crippen LogP) is 1.03. The van der Waals surface area contributed by atoms with Crippen molar-refractivity contribution in [2.75, 3.05) is 55.0 Å². The Kier molecular flexibility index (Phi) is 4.70. The highest BCUT2D eigenvalue weighted by Crippen LogP contribution is 2.17. The van der Waals surface area contributed by atoms with Gasteiger partial charge in [0, 0.05) is 51.2 Å². The van der Waals surface area contributed by atoms with Gasteiger partial charge in [0.2, 0.25) is 17.8 Å². The van der Waals surface area contributed by atoms with Crippen molar-refractivity contribution >= 4 is 17.7 Å². The van der Waals surface area contributed by atoms with E-state index in [9.17, 15) is 0 Å². The molecule has 0 atom stereocenters. The van der Waals surface area contributed by atoms with Gasteiger partial charge in [-0.1, -0.05) is 0 Å². The van der Waals surface area contributed by atoms with Crippen LogP contribution >= 0.6 is 0 Å².